The zero-order valence-corrected chi connectivity index (χ0v) is 21.3. The minimum absolute atomic E-state index is 0.00762. The van der Waals surface area contributed by atoms with Gasteiger partial charge in [-0.15, -0.1) is 11.3 Å². The Kier molecular flexibility index (Phi) is 6.63. The molecule has 1 fully saturated rings. The molecule has 1 saturated carbocycles. The second kappa shape index (κ2) is 9.87. The largest absolute Gasteiger partial charge is 0.476 e. The number of carbonyl (C=O) groups excluding carboxylic acids is 1. The molecule has 0 atom stereocenters. The second-order valence-electron chi connectivity index (χ2n) is 8.98. The maximum absolute atomic E-state index is 12.2. The lowest BCUT2D eigenvalue weighted by atomic mass is 9.86. The van der Waals surface area contributed by atoms with Gasteiger partial charge in [-0.2, -0.15) is 4.98 Å². The average Bonchev–Trinajstić information content (AvgIpc) is 3.51. The van der Waals surface area contributed by atoms with Gasteiger partial charge >= 0.3 is 5.97 Å². The van der Waals surface area contributed by atoms with Crippen LogP contribution in [0.15, 0.2) is 35.7 Å². The lowest BCUT2D eigenvalue weighted by molar-refractivity contribution is -0.134. The maximum Gasteiger partial charge on any atom is 0.355 e. The SMILES string of the molecule is CN(C)C(=O)C1CCC(Oc2nc3nc(-c4ccc(-c5nc(C(=O)O)cs5)cc4)c(Cl)cc3[nH]2)CC1. The molecule has 36 heavy (non-hydrogen) atoms. The monoisotopic (exact) mass is 525 g/mol. The van der Waals surface area contributed by atoms with Crippen molar-refractivity contribution in [3.8, 4) is 27.8 Å². The third kappa shape index (κ3) is 4.91. The molecule has 1 amide bonds. The van der Waals surface area contributed by atoms with Gasteiger partial charge < -0.3 is 19.7 Å². The Balaban J connectivity index is 1.30. The molecular formula is C25H24ClN5O4S. The lowest BCUT2D eigenvalue weighted by Crippen LogP contribution is -2.34. The number of nitrogens with zero attached hydrogens (tertiary/aromatic N) is 4. The highest BCUT2D eigenvalue weighted by molar-refractivity contribution is 7.13. The second-order valence-corrected chi connectivity index (χ2v) is 10.2. The molecule has 0 aliphatic heterocycles. The molecule has 0 spiro atoms. The Morgan fingerprint density at radius 3 is 2.42 bits per heavy atom. The fourth-order valence-electron chi connectivity index (χ4n) is 4.38. The zero-order chi connectivity index (χ0) is 25.4. The molecule has 3 aromatic heterocycles. The average molecular weight is 526 g/mol. The van der Waals surface area contributed by atoms with E-state index in [9.17, 15) is 9.59 Å². The minimum atomic E-state index is -1.05. The van der Waals surface area contributed by atoms with Crippen molar-refractivity contribution in [2.24, 2.45) is 5.92 Å². The van der Waals surface area contributed by atoms with E-state index in [0.29, 0.717) is 32.9 Å². The number of thiazole rings is 1. The highest BCUT2D eigenvalue weighted by atomic mass is 35.5. The summed E-state index contributed by atoms with van der Waals surface area (Å²) in [5.74, 6) is -0.819. The molecule has 2 N–H and O–H groups in total. The van der Waals surface area contributed by atoms with E-state index in [2.05, 4.69) is 19.9 Å². The topological polar surface area (TPSA) is 121 Å². The van der Waals surface area contributed by atoms with E-state index in [-0.39, 0.29) is 23.6 Å². The van der Waals surface area contributed by atoms with E-state index in [1.54, 1.807) is 25.1 Å². The first-order valence-corrected chi connectivity index (χ1v) is 12.8. The van der Waals surface area contributed by atoms with E-state index >= 15 is 0 Å². The maximum atomic E-state index is 12.2. The molecule has 5 rings (SSSR count). The van der Waals surface area contributed by atoms with Crippen LogP contribution in [0, 0.1) is 5.92 Å². The van der Waals surface area contributed by atoms with Gasteiger partial charge in [-0.05, 0) is 31.7 Å². The van der Waals surface area contributed by atoms with Crippen molar-refractivity contribution in [3.63, 3.8) is 0 Å². The highest BCUT2D eigenvalue weighted by Gasteiger charge is 2.28. The Morgan fingerprint density at radius 1 is 1.08 bits per heavy atom. The standard InChI is InChI=1S/C25H24ClN5O4S/c1-31(2)23(32)15-7-9-16(10-8-15)35-25-28-18-11-17(26)20(29-21(18)30-25)13-3-5-14(6-4-13)22-27-19(12-36-22)24(33)34/h3-6,11-12,15-16H,7-10H2,1-2H3,(H,33,34)(H,28,29,30). The van der Waals surface area contributed by atoms with Crippen molar-refractivity contribution >= 4 is 46.0 Å². The molecule has 0 bridgehead atoms. The number of nitrogens with one attached hydrogen (secondary N) is 1. The summed E-state index contributed by atoms with van der Waals surface area (Å²) in [6.07, 6.45) is 3.17. The number of amides is 1. The third-order valence-corrected chi connectivity index (χ3v) is 7.46. The van der Waals surface area contributed by atoms with Crippen LogP contribution in [0.4, 0.5) is 0 Å². The summed E-state index contributed by atoms with van der Waals surface area (Å²) in [4.78, 5) is 41.4. The molecule has 9 nitrogen and oxygen atoms in total. The number of fused-ring (bicyclic) bond motifs is 1. The van der Waals surface area contributed by atoms with Crippen LogP contribution in [0.3, 0.4) is 0 Å². The number of aromatic nitrogens is 4. The van der Waals surface area contributed by atoms with Crippen LogP contribution >= 0.6 is 22.9 Å². The van der Waals surface area contributed by atoms with Crippen molar-refractivity contribution in [2.45, 2.75) is 31.8 Å². The van der Waals surface area contributed by atoms with Crippen molar-refractivity contribution in [2.75, 3.05) is 14.1 Å². The van der Waals surface area contributed by atoms with Gasteiger partial charge in [0.15, 0.2) is 11.3 Å². The van der Waals surface area contributed by atoms with Crippen molar-refractivity contribution in [1.29, 1.82) is 0 Å². The summed E-state index contributed by atoms with van der Waals surface area (Å²) >= 11 is 7.82. The number of pyridine rings is 1. The van der Waals surface area contributed by atoms with Gasteiger partial charge in [-0.25, -0.2) is 14.8 Å². The van der Waals surface area contributed by atoms with E-state index in [1.807, 2.05) is 24.3 Å². The van der Waals surface area contributed by atoms with Gasteiger partial charge in [0.1, 0.15) is 11.1 Å². The van der Waals surface area contributed by atoms with Crippen LogP contribution in [-0.2, 0) is 4.79 Å². The summed E-state index contributed by atoms with van der Waals surface area (Å²) in [5, 5.41) is 11.7. The summed E-state index contributed by atoms with van der Waals surface area (Å²) in [7, 11) is 3.58. The zero-order valence-electron chi connectivity index (χ0n) is 19.7. The molecule has 4 aromatic rings. The molecule has 0 radical (unpaired) electrons. The fourth-order valence-corrected chi connectivity index (χ4v) is 5.44. The van der Waals surface area contributed by atoms with E-state index in [4.69, 9.17) is 21.4 Å². The molecule has 1 aliphatic carbocycles. The highest BCUT2D eigenvalue weighted by Crippen LogP contribution is 2.33. The quantitative estimate of drug-likeness (QED) is 0.358. The third-order valence-electron chi connectivity index (χ3n) is 6.28. The van der Waals surface area contributed by atoms with Crippen molar-refractivity contribution in [3.05, 3.63) is 46.4 Å². The number of carboxylic acids is 1. The lowest BCUT2D eigenvalue weighted by Gasteiger charge is -2.28. The van der Waals surface area contributed by atoms with Gasteiger partial charge in [-0.1, -0.05) is 35.9 Å². The Hall–Kier alpha value is -3.50. The van der Waals surface area contributed by atoms with Gasteiger partial charge in [0, 0.05) is 36.5 Å². The number of halogens is 1. The number of carboxylic acid groups (broad SMARTS) is 1. The van der Waals surface area contributed by atoms with E-state index in [1.165, 1.54) is 16.7 Å². The molecule has 0 saturated heterocycles. The van der Waals surface area contributed by atoms with Crippen molar-refractivity contribution < 1.29 is 19.4 Å². The van der Waals surface area contributed by atoms with Crippen LogP contribution in [0.1, 0.15) is 36.2 Å². The first-order valence-electron chi connectivity index (χ1n) is 11.5. The number of hydrogen-bond donors (Lipinski definition) is 2. The molecule has 0 unspecified atom stereocenters. The van der Waals surface area contributed by atoms with Crippen LogP contribution in [0.2, 0.25) is 5.02 Å². The number of benzene rings is 1. The smallest absolute Gasteiger partial charge is 0.355 e. The summed E-state index contributed by atoms with van der Waals surface area (Å²) < 4.78 is 6.08. The molecular weight excluding hydrogens is 502 g/mol. The Bertz CT molecular complexity index is 1420. The normalized spacial score (nSPS) is 17.8. The van der Waals surface area contributed by atoms with Gasteiger partial charge in [0.25, 0.3) is 6.01 Å². The number of aromatic carboxylic acids is 1. The first kappa shape index (κ1) is 24.2. The number of aromatic amines is 1. The number of H-pyrrole nitrogens is 1. The van der Waals surface area contributed by atoms with Crippen LogP contribution in [0.5, 0.6) is 6.01 Å². The Labute approximate surface area is 216 Å². The fraction of sp³-hybridized carbons (Fsp3) is 0.320. The summed E-state index contributed by atoms with van der Waals surface area (Å²) in [6.45, 7) is 0. The number of hydrogen-bond acceptors (Lipinski definition) is 7. The van der Waals surface area contributed by atoms with Gasteiger partial charge in [0.05, 0.1) is 16.2 Å². The van der Waals surface area contributed by atoms with Gasteiger partial charge in [0.2, 0.25) is 5.91 Å². The number of rotatable bonds is 6. The first-order chi connectivity index (χ1) is 17.3. The molecule has 11 heteroatoms. The summed E-state index contributed by atoms with van der Waals surface area (Å²) in [6, 6.07) is 9.63. The summed E-state index contributed by atoms with van der Waals surface area (Å²) in [5.41, 5.74) is 3.40. The van der Waals surface area contributed by atoms with Crippen LogP contribution < -0.4 is 4.74 Å². The Morgan fingerprint density at radius 2 is 1.78 bits per heavy atom. The molecule has 3 heterocycles. The molecule has 1 aliphatic rings. The number of ether oxygens (including phenoxy) is 1. The number of carbonyl (C=O) groups is 2. The number of imidazole rings is 1. The predicted octanol–water partition coefficient (Wildman–Crippen LogP) is 5.13. The van der Waals surface area contributed by atoms with Crippen LogP contribution in [0.25, 0.3) is 33.0 Å². The van der Waals surface area contributed by atoms with E-state index in [0.717, 1.165) is 36.8 Å². The molecule has 1 aromatic carbocycles. The van der Waals surface area contributed by atoms with Crippen LogP contribution in [-0.4, -0.2) is 62.0 Å². The van der Waals surface area contributed by atoms with Crippen molar-refractivity contribution in [1.82, 2.24) is 24.8 Å². The predicted molar refractivity (Wildman–Crippen MR) is 137 cm³/mol. The molecule has 186 valence electrons. The van der Waals surface area contributed by atoms with E-state index < -0.39 is 5.97 Å². The van der Waals surface area contributed by atoms with Gasteiger partial charge in [-0.3, -0.25) is 4.79 Å². The minimum Gasteiger partial charge on any atom is -0.476 e.